The zero-order valence-electron chi connectivity index (χ0n) is 12.9. The Kier molecular flexibility index (Phi) is 4.62. The lowest BCUT2D eigenvalue weighted by molar-refractivity contribution is -0.123. The van der Waals surface area contributed by atoms with Crippen molar-refractivity contribution in [2.75, 3.05) is 0 Å². The molecule has 0 bridgehead atoms. The van der Waals surface area contributed by atoms with E-state index in [1.54, 1.807) is 19.1 Å². The number of H-pyrrole nitrogens is 1. The summed E-state index contributed by atoms with van der Waals surface area (Å²) in [5, 5.41) is 12.5. The third kappa shape index (κ3) is 3.17. The van der Waals surface area contributed by atoms with Crippen LogP contribution in [0.3, 0.4) is 0 Å². The third-order valence-corrected chi connectivity index (χ3v) is 3.53. The second kappa shape index (κ2) is 6.44. The fourth-order valence-electron chi connectivity index (χ4n) is 2.43. The number of carbonyl (C=O) groups is 1. The van der Waals surface area contributed by atoms with Crippen LogP contribution in [0.1, 0.15) is 25.1 Å². The van der Waals surface area contributed by atoms with Crippen molar-refractivity contribution in [3.63, 3.8) is 0 Å². The van der Waals surface area contributed by atoms with Crippen molar-refractivity contribution in [3.8, 4) is 6.07 Å². The molecule has 0 spiro atoms. The molecule has 0 aliphatic heterocycles. The molecule has 1 aromatic carbocycles. The Balaban J connectivity index is 2.41. The van der Waals surface area contributed by atoms with E-state index in [0.29, 0.717) is 16.6 Å². The first-order valence-corrected chi connectivity index (χ1v) is 7.24. The van der Waals surface area contributed by atoms with Gasteiger partial charge >= 0.3 is 0 Å². The second-order valence-electron chi connectivity index (χ2n) is 5.65. The van der Waals surface area contributed by atoms with E-state index in [9.17, 15) is 14.9 Å². The number of fused-ring (bicyclic) bond motifs is 1. The lowest BCUT2D eigenvalue weighted by atomic mass is 9.96. The normalized spacial score (nSPS) is 12.1. The number of amides is 1. The van der Waals surface area contributed by atoms with Gasteiger partial charge in [0.2, 0.25) is 5.91 Å². The monoisotopic (exact) mass is 297 g/mol. The standard InChI is InChI=1S/C17H19N3O2/c1-10(2)19-17(22)12(9-18)8-14-11(3)20-15-7-5-4-6-13(15)16(14)21/h4-7,10,12H,8H2,1-3H3,(H,19,22)(H,20,21)/t12-/m0/s1. The number of nitrogens with one attached hydrogen (secondary N) is 2. The van der Waals surface area contributed by atoms with Crippen molar-refractivity contribution in [1.29, 1.82) is 5.26 Å². The Hall–Kier alpha value is -2.61. The molecule has 0 aliphatic carbocycles. The van der Waals surface area contributed by atoms with Gasteiger partial charge in [0.25, 0.3) is 0 Å². The maximum absolute atomic E-state index is 12.6. The Morgan fingerprint density at radius 2 is 2.05 bits per heavy atom. The Morgan fingerprint density at radius 3 is 2.68 bits per heavy atom. The summed E-state index contributed by atoms with van der Waals surface area (Å²) in [6, 6.07) is 9.18. The number of hydrogen-bond donors (Lipinski definition) is 2. The molecule has 1 atom stereocenters. The summed E-state index contributed by atoms with van der Waals surface area (Å²) in [6.45, 7) is 5.46. The summed E-state index contributed by atoms with van der Waals surface area (Å²) in [5.41, 5.74) is 1.82. The molecule has 22 heavy (non-hydrogen) atoms. The minimum Gasteiger partial charge on any atom is -0.358 e. The van der Waals surface area contributed by atoms with Crippen molar-refractivity contribution >= 4 is 16.8 Å². The summed E-state index contributed by atoms with van der Waals surface area (Å²) < 4.78 is 0. The van der Waals surface area contributed by atoms with Crippen LogP contribution < -0.4 is 10.7 Å². The molecule has 0 saturated carbocycles. The van der Waals surface area contributed by atoms with Crippen molar-refractivity contribution in [2.45, 2.75) is 33.2 Å². The Labute approximate surface area is 129 Å². The molecule has 2 rings (SSSR count). The van der Waals surface area contributed by atoms with E-state index in [1.165, 1.54) is 0 Å². The van der Waals surface area contributed by atoms with E-state index < -0.39 is 5.92 Å². The van der Waals surface area contributed by atoms with Gasteiger partial charge in [-0.3, -0.25) is 9.59 Å². The molecular formula is C17H19N3O2. The van der Waals surface area contributed by atoms with E-state index in [2.05, 4.69) is 10.3 Å². The van der Waals surface area contributed by atoms with E-state index >= 15 is 0 Å². The highest BCUT2D eigenvalue weighted by atomic mass is 16.2. The van der Waals surface area contributed by atoms with Gasteiger partial charge < -0.3 is 10.3 Å². The number of aromatic nitrogens is 1. The van der Waals surface area contributed by atoms with Crippen LogP contribution in [0, 0.1) is 24.2 Å². The first-order chi connectivity index (χ1) is 10.4. The maximum Gasteiger partial charge on any atom is 0.237 e. The average molecular weight is 297 g/mol. The van der Waals surface area contributed by atoms with E-state index in [1.807, 2.05) is 32.0 Å². The van der Waals surface area contributed by atoms with Gasteiger partial charge in [-0.1, -0.05) is 12.1 Å². The largest absolute Gasteiger partial charge is 0.358 e. The highest BCUT2D eigenvalue weighted by molar-refractivity contribution is 5.82. The molecule has 2 aromatic rings. The zero-order valence-corrected chi connectivity index (χ0v) is 12.9. The van der Waals surface area contributed by atoms with Crippen LogP contribution in [0.5, 0.6) is 0 Å². The van der Waals surface area contributed by atoms with Crippen LogP contribution in [0.25, 0.3) is 10.9 Å². The van der Waals surface area contributed by atoms with Gasteiger partial charge in [0.15, 0.2) is 5.43 Å². The van der Waals surface area contributed by atoms with Crippen molar-refractivity contribution in [1.82, 2.24) is 10.3 Å². The predicted octanol–water partition coefficient (Wildman–Crippen LogP) is 2.04. The van der Waals surface area contributed by atoms with Gasteiger partial charge in [-0.05, 0) is 32.9 Å². The van der Waals surface area contributed by atoms with Gasteiger partial charge in [0.05, 0.1) is 6.07 Å². The van der Waals surface area contributed by atoms with Gasteiger partial charge in [-0.25, -0.2) is 0 Å². The fraction of sp³-hybridized carbons (Fsp3) is 0.353. The number of hydrogen-bond acceptors (Lipinski definition) is 3. The van der Waals surface area contributed by atoms with Crippen LogP contribution >= 0.6 is 0 Å². The first-order valence-electron chi connectivity index (χ1n) is 7.24. The number of para-hydroxylation sites is 1. The van der Waals surface area contributed by atoms with E-state index in [-0.39, 0.29) is 23.8 Å². The molecule has 1 amide bonds. The number of nitriles is 1. The SMILES string of the molecule is Cc1[nH]c2ccccc2c(=O)c1C[C@@H](C#N)C(=O)NC(C)C. The predicted molar refractivity (Wildman–Crippen MR) is 85.4 cm³/mol. The van der Waals surface area contributed by atoms with E-state index in [4.69, 9.17) is 0 Å². The highest BCUT2D eigenvalue weighted by Crippen LogP contribution is 2.14. The summed E-state index contributed by atoms with van der Waals surface area (Å²) in [6.07, 6.45) is 0.112. The third-order valence-electron chi connectivity index (χ3n) is 3.53. The van der Waals surface area contributed by atoms with Crippen LogP contribution in [0.15, 0.2) is 29.1 Å². The first kappa shape index (κ1) is 15.8. The molecule has 114 valence electrons. The van der Waals surface area contributed by atoms with Crippen molar-refractivity contribution < 1.29 is 4.79 Å². The molecule has 0 radical (unpaired) electrons. The van der Waals surface area contributed by atoms with Crippen LogP contribution in [0.2, 0.25) is 0 Å². The number of carbonyl (C=O) groups excluding carboxylic acids is 1. The molecule has 0 fully saturated rings. The van der Waals surface area contributed by atoms with Crippen molar-refractivity contribution in [3.05, 3.63) is 45.7 Å². The Bertz CT molecular complexity index is 800. The summed E-state index contributed by atoms with van der Waals surface area (Å²) in [4.78, 5) is 27.8. The molecule has 5 heteroatoms. The van der Waals surface area contributed by atoms with Crippen molar-refractivity contribution in [2.24, 2.45) is 5.92 Å². The minimum atomic E-state index is -0.872. The van der Waals surface area contributed by atoms with Crippen LogP contribution in [-0.4, -0.2) is 16.9 Å². The lowest BCUT2D eigenvalue weighted by Crippen LogP contribution is -2.36. The lowest BCUT2D eigenvalue weighted by Gasteiger charge is -2.14. The molecule has 5 nitrogen and oxygen atoms in total. The quantitative estimate of drug-likeness (QED) is 0.905. The van der Waals surface area contributed by atoms with Gasteiger partial charge in [0.1, 0.15) is 5.92 Å². The van der Waals surface area contributed by atoms with Gasteiger partial charge in [-0.15, -0.1) is 0 Å². The average Bonchev–Trinajstić information content (AvgIpc) is 2.46. The number of nitrogens with zero attached hydrogens (tertiary/aromatic N) is 1. The summed E-state index contributed by atoms with van der Waals surface area (Å²) in [7, 11) is 0. The molecule has 1 aromatic heterocycles. The molecule has 0 aliphatic rings. The Morgan fingerprint density at radius 1 is 1.36 bits per heavy atom. The molecule has 0 unspecified atom stereocenters. The minimum absolute atomic E-state index is 0.0423. The topological polar surface area (TPSA) is 85.8 Å². The molecule has 2 N–H and O–H groups in total. The van der Waals surface area contributed by atoms with Crippen LogP contribution in [-0.2, 0) is 11.2 Å². The second-order valence-corrected chi connectivity index (χ2v) is 5.65. The van der Waals surface area contributed by atoms with Gasteiger partial charge in [-0.2, -0.15) is 5.26 Å². The summed E-state index contributed by atoms with van der Waals surface area (Å²) in [5.74, 6) is -1.21. The van der Waals surface area contributed by atoms with E-state index in [0.717, 1.165) is 5.52 Å². The zero-order chi connectivity index (χ0) is 16.3. The number of aryl methyl sites for hydroxylation is 1. The highest BCUT2D eigenvalue weighted by Gasteiger charge is 2.22. The number of rotatable bonds is 4. The van der Waals surface area contributed by atoms with Crippen LogP contribution in [0.4, 0.5) is 0 Å². The summed E-state index contributed by atoms with van der Waals surface area (Å²) >= 11 is 0. The maximum atomic E-state index is 12.6. The van der Waals surface area contributed by atoms with Gasteiger partial charge in [0, 0.05) is 34.6 Å². The fourth-order valence-corrected chi connectivity index (χ4v) is 2.43. The molecular weight excluding hydrogens is 278 g/mol. The number of pyridine rings is 1. The number of aromatic amines is 1. The molecule has 0 saturated heterocycles. The molecule has 1 heterocycles. The number of benzene rings is 1. The smallest absolute Gasteiger partial charge is 0.237 e.